The van der Waals surface area contributed by atoms with Gasteiger partial charge in [0.2, 0.25) is 0 Å². The fourth-order valence-electron chi connectivity index (χ4n) is 1.33. The van der Waals surface area contributed by atoms with Gasteiger partial charge in [-0.05, 0) is 25.1 Å². The standard InChI is InChI=1S/C11H11ClN2O/c1-3-8-4-5-9(15-8)11-13-7(2)6-10(12)14-11/h4-6H,3H2,1-2H3. The first-order chi connectivity index (χ1) is 7.19. The zero-order valence-corrected chi connectivity index (χ0v) is 9.38. The molecule has 0 fully saturated rings. The van der Waals surface area contributed by atoms with Gasteiger partial charge in [-0.3, -0.25) is 0 Å². The van der Waals surface area contributed by atoms with Gasteiger partial charge < -0.3 is 4.42 Å². The average molecular weight is 223 g/mol. The number of hydrogen-bond acceptors (Lipinski definition) is 3. The summed E-state index contributed by atoms with van der Waals surface area (Å²) in [4.78, 5) is 8.38. The van der Waals surface area contributed by atoms with Gasteiger partial charge in [-0.25, -0.2) is 9.97 Å². The van der Waals surface area contributed by atoms with E-state index < -0.39 is 0 Å². The van der Waals surface area contributed by atoms with Gasteiger partial charge in [0.05, 0.1) is 0 Å². The molecule has 0 aromatic carbocycles. The molecule has 2 aromatic heterocycles. The summed E-state index contributed by atoms with van der Waals surface area (Å²) in [5.74, 6) is 2.13. The Kier molecular flexibility index (Phi) is 2.73. The SMILES string of the molecule is CCc1ccc(-c2nc(C)cc(Cl)n2)o1. The van der Waals surface area contributed by atoms with Crippen LogP contribution in [0.15, 0.2) is 22.6 Å². The Balaban J connectivity index is 2.44. The molecule has 0 spiro atoms. The van der Waals surface area contributed by atoms with Crippen molar-refractivity contribution >= 4 is 11.6 Å². The predicted octanol–water partition coefficient (Wildman–Crippen LogP) is 3.26. The Morgan fingerprint density at radius 1 is 1.33 bits per heavy atom. The van der Waals surface area contributed by atoms with Crippen LogP contribution in [0, 0.1) is 6.92 Å². The van der Waals surface area contributed by atoms with E-state index in [1.807, 2.05) is 26.0 Å². The molecule has 0 saturated heterocycles. The van der Waals surface area contributed by atoms with Gasteiger partial charge in [-0.15, -0.1) is 0 Å². The molecule has 0 aliphatic heterocycles. The fourth-order valence-corrected chi connectivity index (χ4v) is 1.57. The number of furan rings is 1. The van der Waals surface area contributed by atoms with Gasteiger partial charge in [0.15, 0.2) is 11.6 Å². The van der Waals surface area contributed by atoms with Crippen molar-refractivity contribution in [3.8, 4) is 11.6 Å². The molecule has 0 bridgehead atoms. The van der Waals surface area contributed by atoms with Crippen LogP contribution in [0.2, 0.25) is 5.15 Å². The smallest absolute Gasteiger partial charge is 0.197 e. The summed E-state index contributed by atoms with van der Waals surface area (Å²) < 4.78 is 5.55. The summed E-state index contributed by atoms with van der Waals surface area (Å²) in [5.41, 5.74) is 0.833. The molecule has 0 atom stereocenters. The van der Waals surface area contributed by atoms with Crippen LogP contribution in [0.5, 0.6) is 0 Å². The number of hydrogen-bond donors (Lipinski definition) is 0. The van der Waals surface area contributed by atoms with Crippen LogP contribution in [0.4, 0.5) is 0 Å². The zero-order chi connectivity index (χ0) is 10.8. The van der Waals surface area contributed by atoms with Gasteiger partial charge >= 0.3 is 0 Å². The molecule has 2 rings (SSSR count). The molecule has 78 valence electrons. The van der Waals surface area contributed by atoms with Gasteiger partial charge in [0.1, 0.15) is 10.9 Å². The first-order valence-electron chi connectivity index (χ1n) is 4.79. The van der Waals surface area contributed by atoms with Crippen LogP contribution in [0.1, 0.15) is 18.4 Å². The molecule has 0 aliphatic carbocycles. The van der Waals surface area contributed by atoms with Gasteiger partial charge in [-0.2, -0.15) is 0 Å². The van der Waals surface area contributed by atoms with Crippen molar-refractivity contribution in [2.75, 3.05) is 0 Å². The van der Waals surface area contributed by atoms with Crippen molar-refractivity contribution in [1.29, 1.82) is 0 Å². The fraction of sp³-hybridized carbons (Fsp3) is 0.273. The second-order valence-electron chi connectivity index (χ2n) is 3.28. The summed E-state index contributed by atoms with van der Waals surface area (Å²) in [6.07, 6.45) is 0.861. The highest BCUT2D eigenvalue weighted by atomic mass is 35.5. The minimum atomic E-state index is 0.437. The molecule has 2 heterocycles. The Hall–Kier alpha value is -1.35. The van der Waals surface area contributed by atoms with Gasteiger partial charge in [0.25, 0.3) is 0 Å². The Morgan fingerprint density at radius 3 is 2.73 bits per heavy atom. The highest BCUT2D eigenvalue weighted by Crippen LogP contribution is 2.20. The largest absolute Gasteiger partial charge is 0.458 e. The maximum Gasteiger partial charge on any atom is 0.197 e. The number of aromatic nitrogens is 2. The van der Waals surface area contributed by atoms with Crippen LogP contribution in [0.25, 0.3) is 11.6 Å². The molecule has 3 nitrogen and oxygen atoms in total. The lowest BCUT2D eigenvalue weighted by Crippen LogP contribution is -1.90. The maximum absolute atomic E-state index is 5.85. The molecule has 0 saturated carbocycles. The monoisotopic (exact) mass is 222 g/mol. The van der Waals surface area contributed by atoms with Gasteiger partial charge in [0, 0.05) is 12.1 Å². The quantitative estimate of drug-likeness (QED) is 0.733. The van der Waals surface area contributed by atoms with E-state index in [0.29, 0.717) is 16.7 Å². The number of nitrogens with zero attached hydrogens (tertiary/aromatic N) is 2. The van der Waals surface area contributed by atoms with Crippen LogP contribution in [-0.4, -0.2) is 9.97 Å². The zero-order valence-electron chi connectivity index (χ0n) is 8.62. The van der Waals surface area contributed by atoms with Crippen LogP contribution < -0.4 is 0 Å². The molecule has 0 radical (unpaired) electrons. The minimum Gasteiger partial charge on any atom is -0.458 e. The lowest BCUT2D eigenvalue weighted by atomic mass is 10.3. The summed E-state index contributed by atoms with van der Waals surface area (Å²) in [7, 11) is 0. The van der Waals surface area contributed by atoms with E-state index in [9.17, 15) is 0 Å². The minimum absolute atomic E-state index is 0.437. The van der Waals surface area contributed by atoms with Crippen LogP contribution >= 0.6 is 11.6 Å². The van der Waals surface area contributed by atoms with E-state index in [0.717, 1.165) is 17.9 Å². The maximum atomic E-state index is 5.85. The normalized spacial score (nSPS) is 10.6. The van der Waals surface area contributed by atoms with Crippen molar-refractivity contribution in [2.45, 2.75) is 20.3 Å². The third-order valence-electron chi connectivity index (χ3n) is 2.05. The second-order valence-corrected chi connectivity index (χ2v) is 3.66. The van der Waals surface area contributed by atoms with Crippen molar-refractivity contribution in [2.24, 2.45) is 0 Å². The molecule has 0 unspecified atom stereocenters. The summed E-state index contributed by atoms with van der Waals surface area (Å²) in [6.45, 7) is 3.91. The first kappa shape index (κ1) is 10.2. The van der Waals surface area contributed by atoms with E-state index in [4.69, 9.17) is 16.0 Å². The van der Waals surface area contributed by atoms with E-state index in [1.165, 1.54) is 0 Å². The third-order valence-corrected chi connectivity index (χ3v) is 2.25. The number of halogens is 1. The van der Waals surface area contributed by atoms with Crippen molar-refractivity contribution in [3.05, 3.63) is 34.8 Å². The van der Waals surface area contributed by atoms with E-state index >= 15 is 0 Å². The Labute approximate surface area is 93.1 Å². The Bertz CT molecular complexity index is 459. The van der Waals surface area contributed by atoms with E-state index in [-0.39, 0.29) is 0 Å². The molecule has 0 aliphatic rings. The highest BCUT2D eigenvalue weighted by Gasteiger charge is 2.08. The topological polar surface area (TPSA) is 38.9 Å². The summed E-state index contributed by atoms with van der Waals surface area (Å²) in [6, 6.07) is 5.51. The summed E-state index contributed by atoms with van der Waals surface area (Å²) in [5, 5.41) is 0.437. The lowest BCUT2D eigenvalue weighted by Gasteiger charge is -1.98. The van der Waals surface area contributed by atoms with E-state index in [2.05, 4.69) is 9.97 Å². The average Bonchev–Trinajstić information content (AvgIpc) is 2.64. The molecular weight excluding hydrogens is 212 g/mol. The first-order valence-corrected chi connectivity index (χ1v) is 5.17. The molecule has 2 aromatic rings. The molecule has 4 heteroatoms. The van der Waals surface area contributed by atoms with Gasteiger partial charge in [-0.1, -0.05) is 18.5 Å². The second kappa shape index (κ2) is 4.03. The van der Waals surface area contributed by atoms with Crippen molar-refractivity contribution in [1.82, 2.24) is 9.97 Å². The summed E-state index contributed by atoms with van der Waals surface area (Å²) >= 11 is 5.85. The number of rotatable bonds is 2. The predicted molar refractivity (Wildman–Crippen MR) is 58.9 cm³/mol. The molecule has 0 amide bonds. The molecule has 15 heavy (non-hydrogen) atoms. The van der Waals surface area contributed by atoms with Crippen LogP contribution in [-0.2, 0) is 6.42 Å². The van der Waals surface area contributed by atoms with Crippen molar-refractivity contribution in [3.63, 3.8) is 0 Å². The lowest BCUT2D eigenvalue weighted by molar-refractivity contribution is 0.525. The number of aryl methyl sites for hydroxylation is 2. The highest BCUT2D eigenvalue weighted by molar-refractivity contribution is 6.29. The van der Waals surface area contributed by atoms with E-state index in [1.54, 1.807) is 6.07 Å². The Morgan fingerprint density at radius 2 is 2.13 bits per heavy atom. The van der Waals surface area contributed by atoms with Crippen molar-refractivity contribution < 1.29 is 4.42 Å². The molecule has 0 N–H and O–H groups in total. The molecular formula is C11H11ClN2O. The third kappa shape index (κ3) is 2.18. The van der Waals surface area contributed by atoms with Crippen LogP contribution in [0.3, 0.4) is 0 Å².